The fourth-order valence-electron chi connectivity index (χ4n) is 4.05. The predicted molar refractivity (Wildman–Crippen MR) is 101 cm³/mol. The van der Waals surface area contributed by atoms with Crippen molar-refractivity contribution in [2.45, 2.75) is 30.8 Å². The molecule has 1 saturated carbocycles. The highest BCUT2D eigenvalue weighted by atomic mass is 16.5. The molecule has 0 radical (unpaired) electrons. The van der Waals surface area contributed by atoms with Crippen LogP contribution in [0.2, 0.25) is 0 Å². The summed E-state index contributed by atoms with van der Waals surface area (Å²) in [4.78, 5) is 14.2. The summed E-state index contributed by atoms with van der Waals surface area (Å²) in [5, 5.41) is 19.7. The van der Waals surface area contributed by atoms with E-state index >= 15 is 0 Å². The van der Waals surface area contributed by atoms with Crippen molar-refractivity contribution in [1.29, 1.82) is 5.26 Å². The van der Waals surface area contributed by atoms with Crippen LogP contribution in [0, 0.1) is 17.2 Å². The molecular weight excluding hydrogens is 340 g/mol. The van der Waals surface area contributed by atoms with Crippen molar-refractivity contribution < 1.29 is 14.6 Å². The predicted octanol–water partition coefficient (Wildman–Crippen LogP) is 2.95. The summed E-state index contributed by atoms with van der Waals surface area (Å²) in [6, 6.07) is 17.1. The molecule has 3 atom stereocenters. The van der Waals surface area contributed by atoms with E-state index in [0.29, 0.717) is 0 Å². The van der Waals surface area contributed by atoms with Crippen LogP contribution in [0.5, 0.6) is 5.75 Å². The van der Waals surface area contributed by atoms with Gasteiger partial charge in [0.05, 0.1) is 25.8 Å². The highest BCUT2D eigenvalue weighted by Gasteiger charge is 2.54. The van der Waals surface area contributed by atoms with Crippen LogP contribution < -0.4 is 4.74 Å². The van der Waals surface area contributed by atoms with E-state index in [9.17, 15) is 15.2 Å². The monoisotopic (exact) mass is 362 g/mol. The van der Waals surface area contributed by atoms with Crippen LogP contribution in [-0.4, -0.2) is 41.7 Å². The molecule has 4 rings (SSSR count). The van der Waals surface area contributed by atoms with Gasteiger partial charge in [0.1, 0.15) is 11.8 Å². The molecule has 0 aromatic heterocycles. The fraction of sp³-hybridized carbons (Fsp3) is 0.364. The number of likely N-dealkylation sites (tertiary alicyclic amines) is 1. The van der Waals surface area contributed by atoms with E-state index < -0.39 is 6.04 Å². The number of carbonyl (C=O) groups is 1. The van der Waals surface area contributed by atoms with Crippen molar-refractivity contribution in [3.05, 3.63) is 54.1 Å². The second kappa shape index (κ2) is 7.05. The molecule has 2 fully saturated rings. The Morgan fingerprint density at radius 1 is 1.22 bits per heavy atom. The first kappa shape index (κ1) is 17.6. The molecule has 5 nitrogen and oxygen atoms in total. The topological polar surface area (TPSA) is 73.6 Å². The number of methoxy groups -OCH3 is 1. The molecule has 1 heterocycles. The van der Waals surface area contributed by atoms with Gasteiger partial charge in [0.2, 0.25) is 5.91 Å². The minimum Gasteiger partial charge on any atom is -0.497 e. The fourth-order valence-corrected chi connectivity index (χ4v) is 4.05. The van der Waals surface area contributed by atoms with Gasteiger partial charge >= 0.3 is 0 Å². The smallest absolute Gasteiger partial charge is 0.227 e. The number of rotatable bonds is 5. The van der Waals surface area contributed by atoms with Crippen LogP contribution in [0.15, 0.2) is 48.5 Å². The summed E-state index contributed by atoms with van der Waals surface area (Å²) < 4.78 is 5.23. The van der Waals surface area contributed by atoms with Gasteiger partial charge < -0.3 is 14.7 Å². The average molecular weight is 362 g/mol. The second-order valence-corrected chi connectivity index (χ2v) is 7.19. The number of carbonyl (C=O) groups excluding carboxylic acids is 1. The van der Waals surface area contributed by atoms with Crippen LogP contribution in [0.1, 0.15) is 24.3 Å². The van der Waals surface area contributed by atoms with Gasteiger partial charge in [0.15, 0.2) is 0 Å². The average Bonchev–Trinajstić information content (AvgIpc) is 3.54. The van der Waals surface area contributed by atoms with Gasteiger partial charge in [-0.15, -0.1) is 0 Å². The molecule has 1 saturated heterocycles. The molecule has 27 heavy (non-hydrogen) atoms. The number of hydrogen-bond donors (Lipinski definition) is 1. The Balaban J connectivity index is 1.70. The van der Waals surface area contributed by atoms with E-state index in [2.05, 4.69) is 6.07 Å². The van der Waals surface area contributed by atoms with Gasteiger partial charge in [0.25, 0.3) is 0 Å². The van der Waals surface area contributed by atoms with Crippen molar-refractivity contribution in [2.24, 2.45) is 5.92 Å². The molecule has 0 bridgehead atoms. The Labute approximate surface area is 158 Å². The van der Waals surface area contributed by atoms with E-state index in [4.69, 9.17) is 4.74 Å². The van der Waals surface area contributed by atoms with Gasteiger partial charge in [-0.05, 0) is 41.7 Å². The number of aliphatic hydroxyl groups excluding tert-OH is 1. The van der Waals surface area contributed by atoms with E-state index in [-0.39, 0.29) is 30.4 Å². The van der Waals surface area contributed by atoms with Gasteiger partial charge in [-0.3, -0.25) is 4.79 Å². The Bertz CT molecular complexity index is 883. The van der Waals surface area contributed by atoms with E-state index in [0.717, 1.165) is 35.3 Å². The summed E-state index contributed by atoms with van der Waals surface area (Å²) in [5.74, 6) is 0.636. The van der Waals surface area contributed by atoms with Crippen LogP contribution in [-0.2, 0) is 4.79 Å². The maximum Gasteiger partial charge on any atom is 0.227 e. The van der Waals surface area contributed by atoms with Crippen LogP contribution in [0.3, 0.4) is 0 Å². The Kier molecular flexibility index (Phi) is 4.59. The first-order chi connectivity index (χ1) is 13.2. The van der Waals surface area contributed by atoms with Crippen molar-refractivity contribution >= 4 is 5.91 Å². The zero-order valence-electron chi connectivity index (χ0n) is 15.2. The molecule has 0 spiro atoms. The minimum atomic E-state index is -0.533. The third-order valence-electron chi connectivity index (χ3n) is 5.63. The van der Waals surface area contributed by atoms with Gasteiger partial charge in [0, 0.05) is 11.8 Å². The lowest BCUT2D eigenvalue weighted by Crippen LogP contribution is -2.65. The van der Waals surface area contributed by atoms with Crippen molar-refractivity contribution in [2.75, 3.05) is 13.7 Å². The number of aliphatic hydroxyl groups is 1. The highest BCUT2D eigenvalue weighted by molar-refractivity contribution is 5.84. The number of amides is 1. The van der Waals surface area contributed by atoms with Gasteiger partial charge in [-0.25, -0.2) is 0 Å². The largest absolute Gasteiger partial charge is 0.497 e. The summed E-state index contributed by atoms with van der Waals surface area (Å²) in [7, 11) is 1.63. The molecule has 1 amide bonds. The van der Waals surface area contributed by atoms with Crippen LogP contribution in [0.25, 0.3) is 11.1 Å². The van der Waals surface area contributed by atoms with Crippen molar-refractivity contribution in [3.8, 4) is 22.9 Å². The highest BCUT2D eigenvalue weighted by Crippen LogP contribution is 2.46. The molecule has 1 N–H and O–H groups in total. The number of benzene rings is 2. The van der Waals surface area contributed by atoms with Crippen LogP contribution >= 0.6 is 0 Å². The van der Waals surface area contributed by atoms with Gasteiger partial charge in [-0.2, -0.15) is 5.26 Å². The molecule has 2 aromatic carbocycles. The first-order valence-electron chi connectivity index (χ1n) is 9.25. The maximum atomic E-state index is 12.6. The molecular formula is C22H22N2O3. The van der Waals surface area contributed by atoms with Gasteiger partial charge in [-0.1, -0.05) is 36.4 Å². The van der Waals surface area contributed by atoms with E-state index in [1.54, 1.807) is 12.0 Å². The van der Waals surface area contributed by atoms with E-state index in [1.807, 2.05) is 48.5 Å². The molecule has 0 unspecified atom stereocenters. The summed E-state index contributed by atoms with van der Waals surface area (Å²) in [6.45, 7) is -0.141. The zero-order valence-corrected chi connectivity index (χ0v) is 15.2. The standard InChI is InChI=1S/C22H22N2O3/c1-27-16-10-8-14(9-11-16)17-4-2-3-5-18(17)21-19(12-23)24(20(21)13-25)22(26)15-6-7-15/h2-5,8-11,15,19-21,25H,6-7,13H2,1H3/t19-,20-,21+/m1/s1. The lowest BCUT2D eigenvalue weighted by molar-refractivity contribution is -0.148. The number of nitriles is 1. The number of nitrogens with zero attached hydrogens (tertiary/aromatic N) is 2. The van der Waals surface area contributed by atoms with Crippen LogP contribution in [0.4, 0.5) is 0 Å². The normalized spacial score (nSPS) is 24.0. The molecule has 2 aromatic rings. The third kappa shape index (κ3) is 2.96. The molecule has 1 aliphatic heterocycles. The Morgan fingerprint density at radius 3 is 2.52 bits per heavy atom. The molecule has 138 valence electrons. The van der Waals surface area contributed by atoms with Crippen molar-refractivity contribution in [3.63, 3.8) is 0 Å². The lowest BCUT2D eigenvalue weighted by atomic mass is 9.73. The summed E-state index contributed by atoms with van der Waals surface area (Å²) in [5.41, 5.74) is 3.03. The quantitative estimate of drug-likeness (QED) is 0.887. The first-order valence-corrected chi connectivity index (χ1v) is 9.25. The van der Waals surface area contributed by atoms with Crippen molar-refractivity contribution in [1.82, 2.24) is 4.90 Å². The number of ether oxygens (including phenoxy) is 1. The Hall–Kier alpha value is -2.84. The lowest BCUT2D eigenvalue weighted by Gasteiger charge is -2.52. The SMILES string of the molecule is COc1ccc(-c2ccccc2[C@H]2[C@@H](C#N)N(C(=O)C3CC3)[C@@H]2CO)cc1. The van der Waals surface area contributed by atoms with E-state index in [1.165, 1.54) is 0 Å². The summed E-state index contributed by atoms with van der Waals surface area (Å²) in [6.07, 6.45) is 1.78. The summed E-state index contributed by atoms with van der Waals surface area (Å²) >= 11 is 0. The maximum absolute atomic E-state index is 12.6. The second-order valence-electron chi connectivity index (χ2n) is 7.19. The molecule has 1 aliphatic carbocycles. The molecule has 2 aliphatic rings. The zero-order chi connectivity index (χ0) is 19.0. The third-order valence-corrected chi connectivity index (χ3v) is 5.63. The Morgan fingerprint density at radius 2 is 1.93 bits per heavy atom. The number of hydrogen-bond acceptors (Lipinski definition) is 4. The molecule has 5 heteroatoms. The minimum absolute atomic E-state index is 0.0128.